The molecule has 0 spiro atoms. The Balaban J connectivity index is 0.000000519. The molecule has 4 N–H and O–H groups in total. The molecule has 0 bridgehead atoms. The predicted octanol–water partition coefficient (Wildman–Crippen LogP) is 13.2. The van der Waals surface area contributed by atoms with E-state index in [1.165, 1.54) is 0 Å². The van der Waals surface area contributed by atoms with Gasteiger partial charge in [0.05, 0.1) is 38.5 Å². The van der Waals surface area contributed by atoms with Gasteiger partial charge in [-0.15, -0.1) is 41.5 Å². The molecule has 6 rings (SSSR count). The van der Waals surface area contributed by atoms with Gasteiger partial charge in [-0.05, 0) is 101 Å². The molecule has 15 heteroatoms. The van der Waals surface area contributed by atoms with Crippen molar-refractivity contribution in [3.05, 3.63) is 171 Å². The minimum absolute atomic E-state index is 0. The van der Waals surface area contributed by atoms with Gasteiger partial charge in [-0.3, -0.25) is 4.55 Å². The molecular formula is C52H57F6NO5PPdS+. The number of aliphatic hydroxyl groups is 2. The molecule has 0 radical (unpaired) electrons. The van der Waals surface area contributed by atoms with Crippen LogP contribution in [0.15, 0.2) is 109 Å². The number of hydrogen-bond acceptors (Lipinski definition) is 4. The molecular weight excluding hydrogens is 1000 g/mol. The fourth-order valence-electron chi connectivity index (χ4n) is 7.72. The zero-order chi connectivity index (χ0) is 49.5. The third-order valence-electron chi connectivity index (χ3n) is 10.7. The summed E-state index contributed by atoms with van der Waals surface area (Å²) in [4.78, 5) is 0. The Morgan fingerprint density at radius 2 is 1.10 bits per heavy atom. The van der Waals surface area contributed by atoms with Crippen LogP contribution >= 0.6 is 7.92 Å². The fraction of sp³-hybridized carbons (Fsp3) is 0.308. The summed E-state index contributed by atoms with van der Waals surface area (Å²) >= 11 is 0. The van der Waals surface area contributed by atoms with Crippen LogP contribution in [-0.2, 0) is 56.1 Å². The van der Waals surface area contributed by atoms with Gasteiger partial charge < -0.3 is 15.9 Å². The summed E-state index contributed by atoms with van der Waals surface area (Å²) < 4.78 is 112. The van der Waals surface area contributed by atoms with E-state index in [0.29, 0.717) is 39.2 Å². The molecule has 0 aliphatic heterocycles. The van der Waals surface area contributed by atoms with Gasteiger partial charge in [-0.2, -0.15) is 40.4 Å². The summed E-state index contributed by atoms with van der Waals surface area (Å²) in [6, 6.07) is 33.2. The maximum absolute atomic E-state index is 14.3. The second kappa shape index (κ2) is 23.8. The molecule has 0 aromatic heterocycles. The first-order valence-corrected chi connectivity index (χ1v) is 24.5. The Bertz CT molecular complexity index is 2640. The summed E-state index contributed by atoms with van der Waals surface area (Å²) in [6.07, 6.45) is -9.36. The van der Waals surface area contributed by atoms with Crippen molar-refractivity contribution in [1.82, 2.24) is 0 Å². The maximum atomic E-state index is 14.3. The molecule has 6 nitrogen and oxygen atoms in total. The average Bonchev–Trinajstić information content (AvgIpc) is 3.22. The standard InChI is InChI=1S/C39H43F6O2P.C12H9N.CH4O3S.Pd/c1-21(2)28-14-33(22(3)4)36(34(15-28)23(5)6)35-26(19-46)9-10-27(20-47)37(35)48(31-12-24(7)11-25(8)13-31)32-17-29(38(40,41)42)16-30(18-32)39(43,44)45;13-12-9-5-4-8-11(12)10-6-2-1-3-7-10;1-5(2,3)4;/h9-18,21-23,46-47H,19-20H2,1-8H3;1-6,8-9,13H;1H3,(H,2,3,4);/q;-2;;+2/p+1. The number of hydrogen-bond donors (Lipinski definition) is 3. The normalized spacial score (nSPS) is 12.3. The van der Waals surface area contributed by atoms with E-state index in [1.54, 1.807) is 30.3 Å². The molecule has 0 aliphatic rings. The molecule has 0 amide bonds. The van der Waals surface area contributed by atoms with E-state index in [1.807, 2.05) is 90.1 Å². The van der Waals surface area contributed by atoms with E-state index in [9.17, 15) is 45.0 Å². The van der Waals surface area contributed by atoms with Crippen molar-refractivity contribution >= 4 is 39.6 Å². The van der Waals surface area contributed by atoms with Gasteiger partial charge in [0.1, 0.15) is 15.9 Å². The van der Waals surface area contributed by atoms with Crippen LogP contribution in [0.1, 0.15) is 109 Å². The summed E-state index contributed by atoms with van der Waals surface area (Å²) in [6.45, 7) is 15.1. The van der Waals surface area contributed by atoms with Crippen LogP contribution in [0.4, 0.5) is 32.0 Å². The summed E-state index contributed by atoms with van der Waals surface area (Å²) in [5, 5.41) is 22.6. The average molecular weight is 1060 g/mol. The Morgan fingerprint density at radius 3 is 1.52 bits per heavy atom. The van der Waals surface area contributed by atoms with Crippen molar-refractivity contribution in [2.45, 2.75) is 98.7 Å². The first-order valence-electron chi connectivity index (χ1n) is 21.2. The van der Waals surface area contributed by atoms with E-state index in [4.69, 9.17) is 10.3 Å². The minimum atomic E-state index is -5.04. The fourth-order valence-corrected chi connectivity index (χ4v) is 11.0. The van der Waals surface area contributed by atoms with Crippen molar-refractivity contribution < 1.29 is 69.9 Å². The monoisotopic (exact) mass is 1060 g/mol. The van der Waals surface area contributed by atoms with Crippen LogP contribution in [0.5, 0.6) is 0 Å². The van der Waals surface area contributed by atoms with Gasteiger partial charge >= 0.3 is 32.8 Å². The molecule has 67 heavy (non-hydrogen) atoms. The third kappa shape index (κ3) is 15.3. The number of halogens is 6. The van der Waals surface area contributed by atoms with Crippen molar-refractivity contribution in [3.8, 4) is 22.3 Å². The van der Waals surface area contributed by atoms with Crippen LogP contribution in [0, 0.1) is 19.9 Å². The van der Waals surface area contributed by atoms with Gasteiger partial charge in [0.2, 0.25) is 0 Å². The number of rotatable bonds is 10. The van der Waals surface area contributed by atoms with Crippen LogP contribution in [0.2, 0.25) is 0 Å². The smallest absolute Gasteiger partial charge is 0.706 e. The third-order valence-corrected chi connectivity index (χ3v) is 13.5. The minimum Gasteiger partial charge on any atom is -0.706 e. The van der Waals surface area contributed by atoms with Crippen molar-refractivity contribution in [2.24, 2.45) is 0 Å². The van der Waals surface area contributed by atoms with Crippen LogP contribution in [0.3, 0.4) is 0 Å². The van der Waals surface area contributed by atoms with E-state index >= 15 is 0 Å². The molecule has 0 saturated heterocycles. The van der Waals surface area contributed by atoms with Gasteiger partial charge in [0.25, 0.3) is 10.1 Å². The van der Waals surface area contributed by atoms with Gasteiger partial charge in [-0.25, -0.2) is 0 Å². The molecule has 0 heterocycles. The number of nitrogens with one attached hydrogen (secondary N) is 1. The van der Waals surface area contributed by atoms with E-state index in [-0.39, 0.29) is 49.5 Å². The van der Waals surface area contributed by atoms with Crippen molar-refractivity contribution in [2.75, 3.05) is 6.26 Å². The van der Waals surface area contributed by atoms with E-state index in [0.717, 1.165) is 56.6 Å². The maximum Gasteiger partial charge on any atom is 2.00 e. The Labute approximate surface area is 405 Å². The van der Waals surface area contributed by atoms with Crippen LogP contribution < -0.4 is 15.9 Å². The topological polar surface area (TPSA) is 119 Å². The molecule has 362 valence electrons. The van der Waals surface area contributed by atoms with E-state index < -0.39 is 54.7 Å². The first-order chi connectivity index (χ1) is 30.7. The summed E-state index contributed by atoms with van der Waals surface area (Å²) in [7, 11) is -6.38. The van der Waals surface area contributed by atoms with Crippen LogP contribution in [0.25, 0.3) is 28.0 Å². The quantitative estimate of drug-likeness (QED) is 0.0415. The predicted molar refractivity (Wildman–Crippen MR) is 258 cm³/mol. The number of alkyl halides is 6. The summed E-state index contributed by atoms with van der Waals surface area (Å²) in [5.74, 6) is 0.154. The SMILES string of the molecule is CS(=O)(=O)O.Cc1cc(C)cc([PH+](c2cc(C(F)(F)F)cc(C(F)(F)F)c2)c2c(CO)ccc(CO)c2-c2c(C(C)C)cc(C(C)C)cc2C(C)C)c1.[NH-]c1ccccc1-c1[c-]cccc1.[Pd+2]. The first kappa shape index (κ1) is 56.9. The van der Waals surface area contributed by atoms with Gasteiger partial charge in [-0.1, -0.05) is 96.1 Å². The zero-order valence-corrected chi connectivity index (χ0v) is 42.1. The van der Waals surface area contributed by atoms with E-state index in [2.05, 4.69) is 32.0 Å². The van der Waals surface area contributed by atoms with Gasteiger partial charge in [0, 0.05) is 11.1 Å². The van der Waals surface area contributed by atoms with Crippen molar-refractivity contribution in [1.29, 1.82) is 0 Å². The number of aliphatic hydroxyl groups excluding tert-OH is 2. The largest absolute Gasteiger partial charge is 2.00 e. The second-order valence-electron chi connectivity index (χ2n) is 17.1. The molecule has 6 aromatic rings. The Kier molecular flexibility index (Phi) is 20.2. The molecule has 1 unspecified atom stereocenters. The molecule has 0 aliphatic carbocycles. The molecule has 0 saturated carbocycles. The Morgan fingerprint density at radius 1 is 0.642 bits per heavy atom. The zero-order valence-electron chi connectivity index (χ0n) is 38.7. The summed E-state index contributed by atoms with van der Waals surface area (Å²) in [5.41, 5.74) is 14.2. The Hall–Kier alpha value is -4.38. The van der Waals surface area contributed by atoms with Gasteiger partial charge in [0.15, 0.2) is 0 Å². The van der Waals surface area contributed by atoms with Crippen molar-refractivity contribution in [3.63, 3.8) is 0 Å². The van der Waals surface area contributed by atoms with Crippen LogP contribution in [-0.4, -0.2) is 29.4 Å². The number of aryl methyl sites for hydroxylation is 2. The molecule has 6 aromatic carbocycles. The number of benzene rings is 6. The second-order valence-corrected chi connectivity index (χ2v) is 21.0. The molecule has 0 fully saturated rings. The molecule has 1 atom stereocenters.